The predicted octanol–water partition coefficient (Wildman–Crippen LogP) is 3.18. The normalized spacial score (nSPS) is 9.73. The van der Waals surface area contributed by atoms with Crippen molar-refractivity contribution in [1.29, 1.82) is 0 Å². The molecule has 1 aromatic heterocycles. The molecule has 0 aliphatic rings. The highest BCUT2D eigenvalue weighted by molar-refractivity contribution is 5.93. The van der Waals surface area contributed by atoms with Crippen molar-refractivity contribution in [3.8, 4) is 5.75 Å². The van der Waals surface area contributed by atoms with Gasteiger partial charge in [0.1, 0.15) is 5.75 Å². The maximum Gasteiger partial charge on any atom is 0.252 e. The highest BCUT2D eigenvalue weighted by atomic mass is 35.5. The average Bonchev–Trinajstić information content (AvgIpc) is 2.51. The van der Waals surface area contributed by atoms with E-state index in [0.29, 0.717) is 18.7 Å². The summed E-state index contributed by atoms with van der Waals surface area (Å²) in [4.78, 5) is 15.8. The van der Waals surface area contributed by atoms with E-state index in [1.54, 1.807) is 24.5 Å². The Morgan fingerprint density at radius 2 is 2.14 bits per heavy atom. The van der Waals surface area contributed by atoms with Crippen molar-refractivity contribution in [3.63, 3.8) is 0 Å². The highest BCUT2D eigenvalue weighted by Crippen LogP contribution is 2.19. The van der Waals surface area contributed by atoms with Crippen LogP contribution in [0.4, 0.5) is 0 Å². The Hall–Kier alpha value is -2.07. The highest BCUT2D eigenvalue weighted by Gasteiger charge is 2.05. The van der Waals surface area contributed by atoms with Crippen LogP contribution in [0.25, 0.3) is 0 Å². The number of hydrogen-bond donors (Lipinski definition) is 1. The van der Waals surface area contributed by atoms with Gasteiger partial charge in [-0.1, -0.05) is 12.1 Å². The van der Waals surface area contributed by atoms with Gasteiger partial charge in [-0.15, -0.1) is 12.4 Å². The van der Waals surface area contributed by atoms with Crippen molar-refractivity contribution in [1.82, 2.24) is 10.3 Å². The first kappa shape index (κ1) is 18.0. The standard InChI is InChI=1S/C17H20N2O2.ClH/c1-3-21-16-7-6-14(11-13(16)2)8-10-19-17(20)15-5-4-9-18-12-15;/h4-7,9,11-12H,3,8,10H2,1-2H3,(H,19,20);1H. The first-order valence-electron chi connectivity index (χ1n) is 7.11. The molecule has 1 aromatic carbocycles. The molecule has 5 heteroatoms. The molecule has 0 bridgehead atoms. The third kappa shape index (κ3) is 5.04. The number of carbonyl (C=O) groups is 1. The number of aromatic nitrogens is 1. The molecule has 1 amide bonds. The molecular formula is C17H21ClN2O2. The van der Waals surface area contributed by atoms with Gasteiger partial charge in [-0.3, -0.25) is 9.78 Å². The number of nitrogens with one attached hydrogen (secondary N) is 1. The van der Waals surface area contributed by atoms with E-state index in [9.17, 15) is 4.79 Å². The molecule has 0 atom stereocenters. The second kappa shape index (κ2) is 9.05. The number of nitrogens with zero attached hydrogens (tertiary/aromatic N) is 1. The van der Waals surface area contributed by atoms with Gasteiger partial charge in [0.25, 0.3) is 5.91 Å². The molecular weight excluding hydrogens is 300 g/mol. The van der Waals surface area contributed by atoms with Gasteiger partial charge in [-0.25, -0.2) is 0 Å². The molecule has 0 spiro atoms. The Labute approximate surface area is 137 Å². The van der Waals surface area contributed by atoms with Gasteiger partial charge in [0.05, 0.1) is 12.2 Å². The Balaban J connectivity index is 0.00000242. The number of benzene rings is 1. The van der Waals surface area contributed by atoms with Crippen molar-refractivity contribution < 1.29 is 9.53 Å². The Morgan fingerprint density at radius 1 is 1.32 bits per heavy atom. The number of pyridine rings is 1. The quantitative estimate of drug-likeness (QED) is 0.889. The summed E-state index contributed by atoms with van der Waals surface area (Å²) in [6.07, 6.45) is 4.01. The number of amides is 1. The van der Waals surface area contributed by atoms with Crippen LogP contribution in [0.3, 0.4) is 0 Å². The Bertz CT molecular complexity index is 603. The molecule has 0 saturated carbocycles. The molecule has 1 N–H and O–H groups in total. The monoisotopic (exact) mass is 320 g/mol. The summed E-state index contributed by atoms with van der Waals surface area (Å²) in [6.45, 7) is 5.27. The number of hydrogen-bond acceptors (Lipinski definition) is 3. The van der Waals surface area contributed by atoms with Crippen molar-refractivity contribution in [3.05, 3.63) is 59.4 Å². The van der Waals surface area contributed by atoms with Crippen LogP contribution in [0.2, 0.25) is 0 Å². The zero-order valence-electron chi connectivity index (χ0n) is 12.8. The SMILES string of the molecule is CCOc1ccc(CCNC(=O)c2cccnc2)cc1C.Cl. The third-order valence-corrected chi connectivity index (χ3v) is 3.16. The molecule has 0 aliphatic carbocycles. The van der Waals surface area contributed by atoms with E-state index in [4.69, 9.17) is 4.74 Å². The fraction of sp³-hybridized carbons (Fsp3) is 0.294. The molecule has 0 fully saturated rings. The van der Waals surface area contributed by atoms with Gasteiger partial charge < -0.3 is 10.1 Å². The fourth-order valence-electron chi connectivity index (χ4n) is 2.10. The first-order valence-corrected chi connectivity index (χ1v) is 7.11. The van der Waals surface area contributed by atoms with E-state index in [-0.39, 0.29) is 18.3 Å². The lowest BCUT2D eigenvalue weighted by Crippen LogP contribution is -2.25. The summed E-state index contributed by atoms with van der Waals surface area (Å²) in [5.74, 6) is 0.825. The van der Waals surface area contributed by atoms with E-state index in [0.717, 1.165) is 17.7 Å². The summed E-state index contributed by atoms with van der Waals surface area (Å²) >= 11 is 0. The molecule has 4 nitrogen and oxygen atoms in total. The summed E-state index contributed by atoms with van der Waals surface area (Å²) in [5.41, 5.74) is 2.88. The largest absolute Gasteiger partial charge is 0.494 e. The number of aryl methyl sites for hydroxylation is 1. The minimum absolute atomic E-state index is 0. The molecule has 2 rings (SSSR count). The molecule has 0 saturated heterocycles. The fourth-order valence-corrected chi connectivity index (χ4v) is 2.10. The van der Waals surface area contributed by atoms with Crippen LogP contribution in [-0.4, -0.2) is 24.0 Å². The van der Waals surface area contributed by atoms with E-state index in [2.05, 4.69) is 16.4 Å². The molecule has 0 radical (unpaired) electrons. The predicted molar refractivity (Wildman–Crippen MR) is 89.9 cm³/mol. The maximum absolute atomic E-state index is 11.9. The van der Waals surface area contributed by atoms with E-state index >= 15 is 0 Å². The minimum atomic E-state index is -0.0919. The van der Waals surface area contributed by atoms with Crippen LogP contribution in [0.1, 0.15) is 28.4 Å². The minimum Gasteiger partial charge on any atom is -0.494 e. The lowest BCUT2D eigenvalue weighted by molar-refractivity contribution is 0.0954. The van der Waals surface area contributed by atoms with Gasteiger partial charge in [-0.05, 0) is 49.6 Å². The van der Waals surface area contributed by atoms with Gasteiger partial charge in [0.15, 0.2) is 0 Å². The Kier molecular flexibility index (Phi) is 7.40. The molecule has 22 heavy (non-hydrogen) atoms. The topological polar surface area (TPSA) is 51.2 Å². The van der Waals surface area contributed by atoms with Gasteiger partial charge in [-0.2, -0.15) is 0 Å². The molecule has 118 valence electrons. The summed E-state index contributed by atoms with van der Waals surface area (Å²) < 4.78 is 5.52. The van der Waals surface area contributed by atoms with E-state index in [1.807, 2.05) is 26.0 Å². The van der Waals surface area contributed by atoms with Gasteiger partial charge in [0.2, 0.25) is 0 Å². The van der Waals surface area contributed by atoms with Crippen LogP contribution in [-0.2, 0) is 6.42 Å². The number of carbonyl (C=O) groups excluding carboxylic acids is 1. The van der Waals surface area contributed by atoms with E-state index in [1.165, 1.54) is 5.56 Å². The number of rotatable bonds is 6. The van der Waals surface area contributed by atoms with Crippen molar-refractivity contribution in [2.45, 2.75) is 20.3 Å². The molecule has 2 aromatic rings. The Morgan fingerprint density at radius 3 is 2.77 bits per heavy atom. The number of halogens is 1. The van der Waals surface area contributed by atoms with Crippen LogP contribution in [0.15, 0.2) is 42.7 Å². The second-order valence-electron chi connectivity index (χ2n) is 4.78. The van der Waals surface area contributed by atoms with Crippen LogP contribution in [0.5, 0.6) is 5.75 Å². The lowest BCUT2D eigenvalue weighted by atomic mass is 10.1. The van der Waals surface area contributed by atoms with Crippen LogP contribution >= 0.6 is 12.4 Å². The van der Waals surface area contributed by atoms with Crippen LogP contribution < -0.4 is 10.1 Å². The lowest BCUT2D eigenvalue weighted by Gasteiger charge is -2.09. The molecule has 1 heterocycles. The molecule has 0 unspecified atom stereocenters. The van der Waals surface area contributed by atoms with Crippen molar-refractivity contribution in [2.75, 3.05) is 13.2 Å². The van der Waals surface area contributed by atoms with Crippen molar-refractivity contribution in [2.24, 2.45) is 0 Å². The third-order valence-electron chi connectivity index (χ3n) is 3.16. The maximum atomic E-state index is 11.9. The average molecular weight is 321 g/mol. The summed E-state index contributed by atoms with van der Waals surface area (Å²) in [6, 6.07) is 9.63. The molecule has 0 aliphatic heterocycles. The number of ether oxygens (including phenoxy) is 1. The van der Waals surface area contributed by atoms with Gasteiger partial charge >= 0.3 is 0 Å². The van der Waals surface area contributed by atoms with Crippen LogP contribution in [0, 0.1) is 6.92 Å². The van der Waals surface area contributed by atoms with Gasteiger partial charge in [0, 0.05) is 18.9 Å². The zero-order chi connectivity index (χ0) is 15.1. The summed E-state index contributed by atoms with van der Waals surface area (Å²) in [5, 5.41) is 2.90. The second-order valence-corrected chi connectivity index (χ2v) is 4.78. The summed E-state index contributed by atoms with van der Waals surface area (Å²) in [7, 11) is 0. The zero-order valence-corrected chi connectivity index (χ0v) is 13.7. The van der Waals surface area contributed by atoms with E-state index < -0.39 is 0 Å². The smallest absolute Gasteiger partial charge is 0.252 e. The first-order chi connectivity index (χ1) is 10.2. The van der Waals surface area contributed by atoms with Crippen molar-refractivity contribution >= 4 is 18.3 Å².